The minimum Gasteiger partial charge on any atom is -0.497 e. The van der Waals surface area contributed by atoms with Gasteiger partial charge in [0.15, 0.2) is 0 Å². The Kier molecular flexibility index (Phi) is 8.34. The first kappa shape index (κ1) is 21.2. The molecule has 0 amide bonds. The van der Waals surface area contributed by atoms with E-state index in [1.54, 1.807) is 14.0 Å². The van der Waals surface area contributed by atoms with E-state index in [4.69, 9.17) is 9.47 Å². The smallest absolute Gasteiger partial charge is 0.310 e. The molecular formula is C19H25NO6. The van der Waals surface area contributed by atoms with Gasteiger partial charge in [-0.1, -0.05) is 31.7 Å². The largest absolute Gasteiger partial charge is 0.497 e. The average Bonchev–Trinajstić information content (AvgIpc) is 2.57. The van der Waals surface area contributed by atoms with Crippen molar-refractivity contribution in [1.29, 1.82) is 0 Å². The fourth-order valence-electron chi connectivity index (χ4n) is 2.48. The minimum absolute atomic E-state index is 0. The Bertz CT molecular complexity index is 746. The van der Waals surface area contributed by atoms with Gasteiger partial charge in [-0.05, 0) is 48.2 Å². The van der Waals surface area contributed by atoms with E-state index in [1.165, 1.54) is 0 Å². The van der Waals surface area contributed by atoms with E-state index in [0.29, 0.717) is 12.8 Å². The molecule has 2 aromatic rings. The van der Waals surface area contributed by atoms with Crippen LogP contribution in [0.25, 0.3) is 10.8 Å². The number of hydrogen-bond donors (Lipinski definition) is 0. The van der Waals surface area contributed by atoms with Crippen LogP contribution in [0.5, 0.6) is 5.75 Å². The summed E-state index contributed by atoms with van der Waals surface area (Å²) in [5.74, 6) is 0.464. The number of esters is 1. The van der Waals surface area contributed by atoms with E-state index in [0.717, 1.165) is 22.1 Å². The van der Waals surface area contributed by atoms with E-state index in [9.17, 15) is 14.9 Å². The van der Waals surface area contributed by atoms with Crippen molar-refractivity contribution in [2.75, 3.05) is 13.7 Å². The van der Waals surface area contributed by atoms with Crippen molar-refractivity contribution >= 4 is 16.7 Å². The molecule has 26 heavy (non-hydrogen) atoms. The fraction of sp³-hybridized carbons (Fsp3) is 0.421. The monoisotopic (exact) mass is 363 g/mol. The lowest BCUT2D eigenvalue weighted by molar-refractivity contribution is -0.767. The second-order valence-electron chi connectivity index (χ2n) is 5.73. The lowest BCUT2D eigenvalue weighted by Gasteiger charge is -2.09. The van der Waals surface area contributed by atoms with E-state index >= 15 is 0 Å². The summed E-state index contributed by atoms with van der Waals surface area (Å²) < 4.78 is 10.4. The maximum atomic E-state index is 11.9. The van der Waals surface area contributed by atoms with Gasteiger partial charge in [0, 0.05) is 0 Å². The lowest BCUT2D eigenvalue weighted by Crippen LogP contribution is -2.15. The summed E-state index contributed by atoms with van der Waals surface area (Å²) in [4.78, 5) is 26.4. The molecule has 0 N–H and O–H groups in total. The maximum absolute atomic E-state index is 11.9. The van der Waals surface area contributed by atoms with Crippen molar-refractivity contribution in [2.24, 2.45) is 0 Å². The molecule has 1 atom stereocenters. The highest BCUT2D eigenvalue weighted by Gasteiger charge is 2.09. The van der Waals surface area contributed by atoms with E-state index in [-0.39, 0.29) is 26.4 Å². The summed E-state index contributed by atoms with van der Waals surface area (Å²) in [7, 11) is 1.62. The Morgan fingerprint density at radius 3 is 2.58 bits per heavy atom. The zero-order valence-electron chi connectivity index (χ0n) is 14.3. The van der Waals surface area contributed by atoms with Gasteiger partial charge in [0.25, 0.3) is 5.09 Å². The molecule has 142 valence electrons. The molecule has 0 saturated carbocycles. The van der Waals surface area contributed by atoms with Crippen molar-refractivity contribution in [3.05, 3.63) is 52.1 Å². The van der Waals surface area contributed by atoms with Crippen LogP contribution in [0.1, 0.15) is 32.8 Å². The number of methoxy groups -OCH3 is 1. The van der Waals surface area contributed by atoms with Crippen LogP contribution >= 0.6 is 0 Å². The Morgan fingerprint density at radius 1 is 1.19 bits per heavy atom. The van der Waals surface area contributed by atoms with Gasteiger partial charge in [0.2, 0.25) is 0 Å². The standard InChI is InChI=1S/C18H21NO6.CH4/c1-13(25-19(21)22)4-3-9-24-18(20)11-14-5-6-16-12-17(23-2)8-7-15(16)10-14;/h5-8,10,12-13H,3-4,9,11H2,1-2H3;1H4. The van der Waals surface area contributed by atoms with Crippen molar-refractivity contribution in [3.63, 3.8) is 0 Å². The molecule has 2 rings (SSSR count). The number of carbonyl (C=O) groups is 1. The Hall–Kier alpha value is -2.83. The van der Waals surface area contributed by atoms with Crippen LogP contribution in [0.2, 0.25) is 0 Å². The van der Waals surface area contributed by atoms with Crippen LogP contribution in [-0.2, 0) is 20.8 Å². The van der Waals surface area contributed by atoms with Crippen LogP contribution < -0.4 is 4.74 Å². The molecular weight excluding hydrogens is 338 g/mol. The molecule has 7 nitrogen and oxygen atoms in total. The normalized spacial score (nSPS) is 11.3. The molecule has 0 aliphatic heterocycles. The molecule has 7 heteroatoms. The van der Waals surface area contributed by atoms with Crippen molar-refractivity contribution < 1.29 is 24.2 Å². The molecule has 0 aliphatic carbocycles. The lowest BCUT2D eigenvalue weighted by atomic mass is 10.0. The summed E-state index contributed by atoms with van der Waals surface area (Å²) in [5.41, 5.74) is 0.868. The van der Waals surface area contributed by atoms with Gasteiger partial charge in [0.05, 0.1) is 20.1 Å². The number of carbonyl (C=O) groups excluding carboxylic acids is 1. The zero-order valence-corrected chi connectivity index (χ0v) is 14.3. The number of benzene rings is 2. The molecule has 0 aromatic heterocycles. The number of rotatable bonds is 9. The van der Waals surface area contributed by atoms with E-state index in [1.807, 2.05) is 36.4 Å². The second-order valence-corrected chi connectivity index (χ2v) is 5.73. The molecule has 0 fully saturated rings. The number of fused-ring (bicyclic) bond motifs is 1. The van der Waals surface area contributed by atoms with Crippen molar-refractivity contribution in [1.82, 2.24) is 0 Å². The number of ether oxygens (including phenoxy) is 2. The summed E-state index contributed by atoms with van der Waals surface area (Å²) in [5, 5.41) is 11.4. The third-order valence-corrected chi connectivity index (χ3v) is 3.74. The minimum atomic E-state index is -0.814. The molecule has 0 radical (unpaired) electrons. The Balaban J connectivity index is 0.00000338. The van der Waals surface area contributed by atoms with Crippen LogP contribution in [-0.4, -0.2) is 30.9 Å². The van der Waals surface area contributed by atoms with Gasteiger partial charge in [-0.15, -0.1) is 10.1 Å². The SMILES string of the molecule is C.COc1ccc2cc(CC(=O)OCCCC(C)O[N+](=O)[O-])ccc2c1. The molecule has 0 saturated heterocycles. The number of hydrogen-bond acceptors (Lipinski definition) is 6. The summed E-state index contributed by atoms with van der Waals surface area (Å²) in [6.45, 7) is 1.82. The quantitative estimate of drug-likeness (QED) is 0.290. The van der Waals surface area contributed by atoms with Gasteiger partial charge in [-0.3, -0.25) is 4.79 Å². The first-order valence-corrected chi connectivity index (χ1v) is 8.01. The first-order valence-electron chi connectivity index (χ1n) is 8.01. The molecule has 0 bridgehead atoms. The highest BCUT2D eigenvalue weighted by molar-refractivity contribution is 5.85. The summed E-state index contributed by atoms with van der Waals surface area (Å²) in [6.07, 6.45) is 0.638. The van der Waals surface area contributed by atoms with Crippen LogP contribution in [0.4, 0.5) is 0 Å². The topological polar surface area (TPSA) is 87.9 Å². The Morgan fingerprint density at radius 2 is 1.88 bits per heavy atom. The van der Waals surface area contributed by atoms with Crippen molar-refractivity contribution in [3.8, 4) is 5.75 Å². The van der Waals surface area contributed by atoms with Gasteiger partial charge in [0.1, 0.15) is 11.9 Å². The first-order chi connectivity index (χ1) is 12.0. The third-order valence-electron chi connectivity index (χ3n) is 3.74. The second kappa shape index (κ2) is 10.2. The van der Waals surface area contributed by atoms with E-state index in [2.05, 4.69) is 4.84 Å². The summed E-state index contributed by atoms with van der Waals surface area (Å²) >= 11 is 0. The van der Waals surface area contributed by atoms with Gasteiger partial charge < -0.3 is 14.3 Å². The fourth-order valence-corrected chi connectivity index (χ4v) is 2.48. The Labute approximate surface area is 153 Å². The highest BCUT2D eigenvalue weighted by atomic mass is 17.0. The molecule has 0 heterocycles. The van der Waals surface area contributed by atoms with Gasteiger partial charge in [-0.25, -0.2) is 0 Å². The predicted octanol–water partition coefficient (Wildman–Crippen LogP) is 3.95. The van der Waals surface area contributed by atoms with E-state index < -0.39 is 11.2 Å². The molecule has 0 aliphatic rings. The van der Waals surface area contributed by atoms with Crippen LogP contribution in [0, 0.1) is 10.1 Å². The van der Waals surface area contributed by atoms with Gasteiger partial charge in [-0.2, -0.15) is 0 Å². The average molecular weight is 363 g/mol. The van der Waals surface area contributed by atoms with Gasteiger partial charge >= 0.3 is 5.97 Å². The zero-order chi connectivity index (χ0) is 18.2. The van der Waals surface area contributed by atoms with Crippen molar-refractivity contribution in [2.45, 2.75) is 39.7 Å². The predicted molar refractivity (Wildman–Crippen MR) is 98.7 cm³/mol. The van der Waals surface area contributed by atoms with Crippen LogP contribution in [0.15, 0.2) is 36.4 Å². The van der Waals surface area contributed by atoms with Crippen LogP contribution in [0.3, 0.4) is 0 Å². The highest BCUT2D eigenvalue weighted by Crippen LogP contribution is 2.22. The molecule has 1 unspecified atom stereocenters. The maximum Gasteiger partial charge on any atom is 0.310 e. The molecule has 2 aromatic carbocycles. The molecule has 0 spiro atoms. The summed E-state index contributed by atoms with van der Waals surface area (Å²) in [6, 6.07) is 11.5. The number of nitrogens with zero attached hydrogens (tertiary/aromatic N) is 1. The third kappa shape index (κ3) is 6.58.